The summed E-state index contributed by atoms with van der Waals surface area (Å²) < 4.78 is 0. The molecule has 0 aliphatic carbocycles. The van der Waals surface area contributed by atoms with Crippen molar-refractivity contribution in [1.82, 2.24) is 0 Å². The molecule has 0 saturated heterocycles. The third-order valence-corrected chi connectivity index (χ3v) is 0.688. The van der Waals surface area contributed by atoms with E-state index in [2.05, 4.69) is 0 Å². The van der Waals surface area contributed by atoms with Crippen LogP contribution in [0.5, 0.6) is 0 Å². The summed E-state index contributed by atoms with van der Waals surface area (Å²) in [5.74, 6) is -1.12. The molecule has 0 heterocycles. The highest BCUT2D eigenvalue weighted by molar-refractivity contribution is 5.91. The predicted octanol–water partition coefficient (Wildman–Crippen LogP) is -0.379. The maximum Gasteiger partial charge on any atom is 0.339 e. The second-order valence-corrected chi connectivity index (χ2v) is 1.23. The summed E-state index contributed by atoms with van der Waals surface area (Å²) in [6.45, 7) is 0. The number of carboxylic acids is 1. The van der Waals surface area contributed by atoms with Gasteiger partial charge < -0.3 is 5.11 Å². The molecule has 36 valence electrons. The van der Waals surface area contributed by atoms with Gasteiger partial charge in [0.2, 0.25) is 0 Å². The van der Waals surface area contributed by atoms with E-state index < -0.39 is 5.97 Å². The Hall–Kier alpha value is -1.12. The van der Waals surface area contributed by atoms with Crippen molar-refractivity contribution in [2.45, 2.75) is 0 Å². The Labute approximate surface area is 38.9 Å². The van der Waals surface area contributed by atoms with E-state index in [1.165, 1.54) is 0 Å². The van der Waals surface area contributed by atoms with Crippen LogP contribution in [0.1, 0.15) is 10.4 Å². The Morgan fingerprint density at radius 1 is 1.71 bits per heavy atom. The molecule has 1 aromatic carbocycles. The Morgan fingerprint density at radius 2 is 2.14 bits per heavy atom. The average molecular weight is 98.1 g/mol. The van der Waals surface area contributed by atoms with Gasteiger partial charge >= 0.3 is 5.97 Å². The van der Waals surface area contributed by atoms with E-state index in [1.54, 1.807) is 0 Å². The molecule has 0 aliphatic heterocycles. The minimum atomic E-state index is -1.12. The molecule has 1 aromatic rings. The number of hydrogen-bond acceptors (Lipinski definition) is 2. The monoisotopic (exact) mass is 98.0 g/mol. The van der Waals surface area contributed by atoms with Gasteiger partial charge in [-0.1, -0.05) is 0 Å². The lowest BCUT2D eigenvalue weighted by Gasteiger charge is -1.67. The van der Waals surface area contributed by atoms with Gasteiger partial charge in [-0.25, -0.2) is 4.79 Å². The van der Waals surface area contributed by atoms with Crippen molar-refractivity contribution < 1.29 is 9.90 Å². The molecule has 0 atom stereocenters. The maximum atomic E-state index is 9.85. The summed E-state index contributed by atoms with van der Waals surface area (Å²) in [7, 11) is 0. The van der Waals surface area contributed by atoms with Crippen LogP contribution in [0.15, 0.2) is 10.9 Å². The third kappa shape index (κ3) is 0.513. The van der Waals surface area contributed by atoms with Crippen molar-refractivity contribution >= 4 is 5.97 Å². The summed E-state index contributed by atoms with van der Waals surface area (Å²) in [6.07, 6.45) is 0. The van der Waals surface area contributed by atoms with E-state index in [-0.39, 0.29) is 11.0 Å². The predicted molar refractivity (Wildman–Crippen MR) is 22.0 cm³/mol. The second-order valence-electron chi connectivity index (χ2n) is 1.23. The molecule has 1 N–H and O–H groups in total. The Balaban J connectivity index is 2.86. The van der Waals surface area contributed by atoms with E-state index in [9.17, 15) is 9.59 Å². The van der Waals surface area contributed by atoms with E-state index in [1.807, 2.05) is 0 Å². The lowest BCUT2D eigenvalue weighted by molar-refractivity contribution is 0.0701. The van der Waals surface area contributed by atoms with Gasteiger partial charge in [-0.3, -0.25) is 4.79 Å². The molecule has 0 spiro atoms. The zero-order valence-corrected chi connectivity index (χ0v) is 3.34. The highest BCUT2D eigenvalue weighted by Crippen LogP contribution is 1.91. The molecule has 0 aromatic heterocycles. The molecule has 3 heteroatoms. The normalized spacial score (nSPS) is 9.71. The van der Waals surface area contributed by atoms with Crippen LogP contribution in [0.2, 0.25) is 0 Å². The number of carboxylic acid groups (broad SMARTS) is 1. The van der Waals surface area contributed by atoms with Gasteiger partial charge in [-0.05, 0) is 0 Å². The number of carbonyl (C=O) groups is 1. The topological polar surface area (TPSA) is 54.4 Å². The summed E-state index contributed by atoms with van der Waals surface area (Å²) in [5, 5.41) is 7.93. The standard InChI is InChI=1S/C4H2O3/c5-3-1-2(3)4(6)7/h1H,(H,6,7). The number of aromatic carboxylic acids is 1. The molecule has 0 saturated carbocycles. The van der Waals surface area contributed by atoms with Gasteiger partial charge in [0.25, 0.3) is 0 Å². The highest BCUT2D eigenvalue weighted by Gasteiger charge is 2.14. The van der Waals surface area contributed by atoms with Crippen molar-refractivity contribution in [2.75, 3.05) is 0 Å². The molecule has 7 heavy (non-hydrogen) atoms. The smallest absolute Gasteiger partial charge is 0.339 e. The molecule has 0 radical (unpaired) electrons. The Bertz CT molecular complexity index is 204. The van der Waals surface area contributed by atoms with Crippen molar-refractivity contribution in [3.05, 3.63) is 21.9 Å². The van der Waals surface area contributed by atoms with Crippen molar-refractivity contribution in [1.29, 1.82) is 0 Å². The van der Waals surface area contributed by atoms with Crippen LogP contribution in [0, 0.1) is 0 Å². The highest BCUT2D eigenvalue weighted by atomic mass is 16.4. The molecule has 0 fully saturated rings. The average Bonchev–Trinajstić information content (AvgIpc) is 2.17. The van der Waals surface area contributed by atoms with Crippen LogP contribution in [0.3, 0.4) is 0 Å². The molecule has 0 unspecified atom stereocenters. The number of hydrogen-bond donors (Lipinski definition) is 1. The Morgan fingerprint density at radius 3 is 2.14 bits per heavy atom. The molecule has 0 bridgehead atoms. The minimum Gasteiger partial charge on any atom is -0.478 e. The summed E-state index contributed by atoms with van der Waals surface area (Å²) in [4.78, 5) is 19.5. The third-order valence-electron chi connectivity index (χ3n) is 0.688. The molecule has 1 rings (SSSR count). The molecular formula is C4H2O3. The first-order chi connectivity index (χ1) is 3.22. The molecule has 0 amide bonds. The molecule has 0 aliphatic rings. The summed E-state index contributed by atoms with van der Waals surface area (Å²) >= 11 is 0. The van der Waals surface area contributed by atoms with Gasteiger partial charge in [0.1, 0.15) is 5.56 Å². The first kappa shape index (κ1) is 4.05. The van der Waals surface area contributed by atoms with E-state index in [0.29, 0.717) is 0 Å². The van der Waals surface area contributed by atoms with Gasteiger partial charge in [0.15, 0.2) is 5.43 Å². The fourth-order valence-corrected chi connectivity index (χ4v) is 0.262. The fraction of sp³-hybridized carbons (Fsp3) is 0. The van der Waals surface area contributed by atoms with Crippen molar-refractivity contribution in [2.24, 2.45) is 0 Å². The van der Waals surface area contributed by atoms with Crippen molar-refractivity contribution in [3.8, 4) is 0 Å². The second kappa shape index (κ2) is 0.932. The Kier molecular flexibility index (Phi) is 0.539. The van der Waals surface area contributed by atoms with Gasteiger partial charge in [0, 0.05) is 6.07 Å². The minimum absolute atomic E-state index is 0.0833. The molecular weight excluding hydrogens is 96.0 g/mol. The first-order valence-corrected chi connectivity index (χ1v) is 1.71. The maximum absolute atomic E-state index is 9.85. The van der Waals surface area contributed by atoms with Gasteiger partial charge in [0.05, 0.1) is 0 Å². The van der Waals surface area contributed by atoms with E-state index in [4.69, 9.17) is 5.11 Å². The lowest BCUT2D eigenvalue weighted by Crippen LogP contribution is -1.92. The van der Waals surface area contributed by atoms with Crippen LogP contribution in [0.25, 0.3) is 0 Å². The van der Waals surface area contributed by atoms with Crippen LogP contribution in [-0.4, -0.2) is 11.1 Å². The van der Waals surface area contributed by atoms with Crippen LogP contribution in [0.4, 0.5) is 0 Å². The summed E-state index contributed by atoms with van der Waals surface area (Å²) in [5.41, 5.74) is -0.437. The van der Waals surface area contributed by atoms with Crippen LogP contribution >= 0.6 is 0 Å². The van der Waals surface area contributed by atoms with Gasteiger partial charge in [-0.15, -0.1) is 0 Å². The summed E-state index contributed by atoms with van der Waals surface area (Å²) in [6, 6.07) is 1.09. The van der Waals surface area contributed by atoms with Crippen LogP contribution < -0.4 is 5.43 Å². The quantitative estimate of drug-likeness (QED) is 0.521. The van der Waals surface area contributed by atoms with Crippen molar-refractivity contribution in [3.63, 3.8) is 0 Å². The zero-order valence-electron chi connectivity index (χ0n) is 3.34. The lowest BCUT2D eigenvalue weighted by atomic mass is 10.6. The zero-order chi connectivity index (χ0) is 5.44. The van der Waals surface area contributed by atoms with Crippen LogP contribution in [-0.2, 0) is 0 Å². The fourth-order valence-electron chi connectivity index (χ4n) is 0.262. The van der Waals surface area contributed by atoms with E-state index in [0.717, 1.165) is 6.07 Å². The SMILES string of the molecule is O=C(O)c1cc1=O. The first-order valence-electron chi connectivity index (χ1n) is 1.71. The largest absolute Gasteiger partial charge is 0.478 e. The number of rotatable bonds is 1. The van der Waals surface area contributed by atoms with Gasteiger partial charge in [-0.2, -0.15) is 0 Å². The molecule has 3 nitrogen and oxygen atoms in total. The van der Waals surface area contributed by atoms with E-state index >= 15 is 0 Å².